The zero-order valence-corrected chi connectivity index (χ0v) is 15.7. The molecule has 0 aliphatic carbocycles. The molecule has 3 rings (SSSR count). The summed E-state index contributed by atoms with van der Waals surface area (Å²) in [6.45, 7) is 2.06. The van der Waals surface area contributed by atoms with Crippen molar-refractivity contribution in [3.8, 4) is 17.1 Å². The van der Waals surface area contributed by atoms with Gasteiger partial charge in [-0.25, -0.2) is 0 Å². The highest BCUT2D eigenvalue weighted by molar-refractivity contribution is 5.98. The van der Waals surface area contributed by atoms with Crippen LogP contribution in [0.25, 0.3) is 11.3 Å². The minimum absolute atomic E-state index is 0.0971. The van der Waals surface area contributed by atoms with Gasteiger partial charge in [0.1, 0.15) is 12.3 Å². The number of amides is 2. The van der Waals surface area contributed by atoms with Crippen LogP contribution in [0.4, 0.5) is 5.69 Å². The fourth-order valence-electron chi connectivity index (χ4n) is 2.68. The third-order valence-corrected chi connectivity index (χ3v) is 4.14. The zero-order valence-electron chi connectivity index (χ0n) is 15.7. The molecule has 0 saturated heterocycles. The normalized spacial score (nSPS) is 10.4. The number of anilines is 1. The number of carbonyl (C=O) groups is 2. The molecule has 0 atom stereocenters. The van der Waals surface area contributed by atoms with Gasteiger partial charge in [0.25, 0.3) is 5.91 Å². The Morgan fingerprint density at radius 3 is 2.61 bits per heavy atom. The van der Waals surface area contributed by atoms with Crippen LogP contribution in [0.1, 0.15) is 17.4 Å². The minimum atomic E-state index is -0.366. The molecule has 0 bridgehead atoms. The molecular formula is C21H21N3O4. The van der Waals surface area contributed by atoms with E-state index in [0.717, 1.165) is 5.56 Å². The fraction of sp³-hybridized carbons (Fsp3) is 0.190. The molecule has 7 nitrogen and oxygen atoms in total. The number of nitrogens with zero attached hydrogens (tertiary/aromatic N) is 2. The predicted octanol–water partition coefficient (Wildman–Crippen LogP) is 3.45. The fourth-order valence-corrected chi connectivity index (χ4v) is 2.68. The molecule has 3 aromatic rings. The minimum Gasteiger partial charge on any atom is -0.497 e. The monoisotopic (exact) mass is 379 g/mol. The topological polar surface area (TPSA) is 84.7 Å². The lowest BCUT2D eigenvalue weighted by Gasteiger charge is -2.19. The van der Waals surface area contributed by atoms with E-state index >= 15 is 0 Å². The summed E-state index contributed by atoms with van der Waals surface area (Å²) in [5, 5.41) is 6.62. The number of hydrogen-bond acceptors (Lipinski definition) is 5. The second-order valence-corrected chi connectivity index (χ2v) is 6.04. The van der Waals surface area contributed by atoms with Crippen LogP contribution in [0.3, 0.4) is 0 Å². The summed E-state index contributed by atoms with van der Waals surface area (Å²) in [6.07, 6.45) is 0. The van der Waals surface area contributed by atoms with Gasteiger partial charge >= 0.3 is 0 Å². The zero-order chi connectivity index (χ0) is 19.9. The molecule has 28 heavy (non-hydrogen) atoms. The van der Waals surface area contributed by atoms with E-state index < -0.39 is 0 Å². The highest BCUT2D eigenvalue weighted by Gasteiger charge is 2.21. The lowest BCUT2D eigenvalue weighted by Crippen LogP contribution is -2.38. The highest BCUT2D eigenvalue weighted by atomic mass is 16.5. The molecule has 0 aliphatic rings. The van der Waals surface area contributed by atoms with E-state index in [-0.39, 0.29) is 24.1 Å². The molecule has 0 aliphatic heterocycles. The molecule has 1 aromatic heterocycles. The molecule has 7 heteroatoms. The molecule has 1 heterocycles. The molecule has 0 radical (unpaired) electrons. The van der Waals surface area contributed by atoms with Crippen LogP contribution in [0.15, 0.2) is 65.2 Å². The summed E-state index contributed by atoms with van der Waals surface area (Å²) in [7, 11) is 1.56. The van der Waals surface area contributed by atoms with Crippen molar-refractivity contribution >= 4 is 17.5 Å². The molecule has 0 unspecified atom stereocenters. The summed E-state index contributed by atoms with van der Waals surface area (Å²) >= 11 is 0. The van der Waals surface area contributed by atoms with Crippen LogP contribution in [0.5, 0.6) is 5.75 Å². The standard InChI is InChI=1S/C21H21N3O4/c1-3-24(14-20(25)22-16-10-7-11-17(12-16)27-2)21(26)18-13-19(28-23-18)15-8-5-4-6-9-15/h4-13H,3,14H2,1-2H3,(H,22,25). The number of benzene rings is 2. The number of methoxy groups -OCH3 is 1. The second kappa shape index (κ2) is 8.85. The van der Waals surface area contributed by atoms with Crippen molar-refractivity contribution in [3.05, 3.63) is 66.4 Å². The van der Waals surface area contributed by atoms with Crippen molar-refractivity contribution in [3.63, 3.8) is 0 Å². The smallest absolute Gasteiger partial charge is 0.276 e. The Bertz CT molecular complexity index is 953. The second-order valence-electron chi connectivity index (χ2n) is 6.04. The van der Waals surface area contributed by atoms with Crippen LogP contribution in [-0.4, -0.2) is 42.1 Å². The molecule has 0 fully saturated rings. The quantitative estimate of drug-likeness (QED) is 0.680. The van der Waals surface area contributed by atoms with E-state index in [9.17, 15) is 9.59 Å². The molecule has 0 spiro atoms. The number of hydrogen-bond donors (Lipinski definition) is 1. The molecule has 144 valence electrons. The summed E-state index contributed by atoms with van der Waals surface area (Å²) < 4.78 is 10.4. The lowest BCUT2D eigenvalue weighted by atomic mass is 10.1. The number of nitrogens with one attached hydrogen (secondary N) is 1. The van der Waals surface area contributed by atoms with Crippen LogP contribution in [-0.2, 0) is 4.79 Å². The Kier molecular flexibility index (Phi) is 6.06. The van der Waals surface area contributed by atoms with Crippen LogP contribution in [0, 0.1) is 0 Å². The van der Waals surface area contributed by atoms with Crippen LogP contribution >= 0.6 is 0 Å². The van der Waals surface area contributed by atoms with E-state index in [1.54, 1.807) is 44.4 Å². The van der Waals surface area contributed by atoms with E-state index in [4.69, 9.17) is 9.26 Å². The SMILES string of the molecule is CCN(CC(=O)Nc1cccc(OC)c1)C(=O)c1cc(-c2ccccc2)on1. The van der Waals surface area contributed by atoms with E-state index in [1.165, 1.54) is 4.90 Å². The molecular weight excluding hydrogens is 358 g/mol. The molecule has 2 aromatic carbocycles. The Morgan fingerprint density at radius 1 is 1.11 bits per heavy atom. The average Bonchev–Trinajstić information content (AvgIpc) is 3.22. The summed E-state index contributed by atoms with van der Waals surface area (Å²) in [4.78, 5) is 26.5. The first-order valence-electron chi connectivity index (χ1n) is 8.86. The van der Waals surface area contributed by atoms with Crippen molar-refractivity contribution in [2.45, 2.75) is 6.92 Å². The van der Waals surface area contributed by atoms with E-state index in [0.29, 0.717) is 23.7 Å². The number of aromatic nitrogens is 1. The van der Waals surface area contributed by atoms with Gasteiger partial charge in [0, 0.05) is 29.9 Å². The first kappa shape index (κ1) is 19.2. The first-order chi connectivity index (χ1) is 13.6. The average molecular weight is 379 g/mol. The maximum Gasteiger partial charge on any atom is 0.276 e. The Labute approximate surface area is 162 Å². The largest absolute Gasteiger partial charge is 0.497 e. The van der Waals surface area contributed by atoms with Gasteiger partial charge in [-0.1, -0.05) is 41.6 Å². The highest BCUT2D eigenvalue weighted by Crippen LogP contribution is 2.20. The maximum atomic E-state index is 12.7. The molecule has 0 saturated carbocycles. The third-order valence-electron chi connectivity index (χ3n) is 4.14. The summed E-state index contributed by atoms with van der Waals surface area (Å²) in [6, 6.07) is 18.0. The predicted molar refractivity (Wildman–Crippen MR) is 105 cm³/mol. The van der Waals surface area contributed by atoms with Crippen molar-refractivity contribution in [2.75, 3.05) is 25.5 Å². The lowest BCUT2D eigenvalue weighted by molar-refractivity contribution is -0.116. The molecule has 2 amide bonds. The van der Waals surface area contributed by atoms with Gasteiger partial charge in [-0.2, -0.15) is 0 Å². The van der Waals surface area contributed by atoms with E-state index in [1.807, 2.05) is 30.3 Å². The van der Waals surface area contributed by atoms with Crippen molar-refractivity contribution in [1.82, 2.24) is 10.1 Å². The van der Waals surface area contributed by atoms with Crippen molar-refractivity contribution < 1.29 is 18.8 Å². The maximum absolute atomic E-state index is 12.7. The van der Waals surface area contributed by atoms with Gasteiger partial charge in [-0.3, -0.25) is 9.59 Å². The summed E-state index contributed by atoms with van der Waals surface area (Å²) in [5.74, 6) is 0.461. The third kappa shape index (κ3) is 4.56. The number of likely N-dealkylation sites (N-methyl/N-ethyl adjacent to an activating group) is 1. The Morgan fingerprint density at radius 2 is 1.89 bits per heavy atom. The van der Waals surface area contributed by atoms with Gasteiger partial charge in [0.05, 0.1) is 7.11 Å². The first-order valence-corrected chi connectivity index (χ1v) is 8.86. The van der Waals surface area contributed by atoms with Gasteiger partial charge < -0.3 is 19.5 Å². The van der Waals surface area contributed by atoms with E-state index in [2.05, 4.69) is 10.5 Å². The van der Waals surface area contributed by atoms with Gasteiger partial charge in [0.2, 0.25) is 5.91 Å². The Balaban J connectivity index is 1.66. The summed E-state index contributed by atoms with van der Waals surface area (Å²) in [5.41, 5.74) is 1.59. The van der Waals surface area contributed by atoms with Crippen molar-refractivity contribution in [2.24, 2.45) is 0 Å². The molecule has 1 N–H and O–H groups in total. The van der Waals surface area contributed by atoms with Crippen LogP contribution in [0.2, 0.25) is 0 Å². The number of ether oxygens (including phenoxy) is 1. The van der Waals surface area contributed by atoms with Gasteiger partial charge in [-0.15, -0.1) is 0 Å². The van der Waals surface area contributed by atoms with Gasteiger partial charge in [0.15, 0.2) is 11.5 Å². The van der Waals surface area contributed by atoms with Crippen LogP contribution < -0.4 is 10.1 Å². The number of rotatable bonds is 7. The van der Waals surface area contributed by atoms with Gasteiger partial charge in [-0.05, 0) is 19.1 Å². The Hall–Kier alpha value is -3.61. The number of carbonyl (C=O) groups excluding carboxylic acids is 2. The van der Waals surface area contributed by atoms with Crippen molar-refractivity contribution in [1.29, 1.82) is 0 Å².